The Balaban J connectivity index is 1.21. The first-order valence-corrected chi connectivity index (χ1v) is 12.7. The molecule has 6 nitrogen and oxygen atoms in total. The molecule has 190 valence electrons. The SMILES string of the molecule is Cc1noc(-c2ccc(-c3ccc(C4(C(=O)O)CC4)cc3)cc2)c1Nc1cccc(C#Cc2ccccc2)n1. The van der Waals surface area contributed by atoms with Crippen molar-refractivity contribution in [2.24, 2.45) is 0 Å². The third-order valence-electron chi connectivity index (χ3n) is 7.05. The average Bonchev–Trinajstić information content (AvgIpc) is 3.72. The van der Waals surface area contributed by atoms with Gasteiger partial charge in [0.15, 0.2) is 5.76 Å². The Morgan fingerprint density at radius 3 is 2.18 bits per heavy atom. The van der Waals surface area contributed by atoms with Gasteiger partial charge in [0.25, 0.3) is 0 Å². The molecule has 0 amide bonds. The molecule has 6 heteroatoms. The summed E-state index contributed by atoms with van der Waals surface area (Å²) in [6.45, 7) is 1.88. The lowest BCUT2D eigenvalue weighted by Gasteiger charge is -2.11. The Bertz CT molecular complexity index is 1710. The molecule has 6 rings (SSSR count). The van der Waals surface area contributed by atoms with Gasteiger partial charge in [-0.3, -0.25) is 4.79 Å². The second-order valence-corrected chi connectivity index (χ2v) is 9.66. The average molecular weight is 512 g/mol. The van der Waals surface area contributed by atoms with E-state index in [0.717, 1.165) is 39.2 Å². The highest BCUT2D eigenvalue weighted by molar-refractivity contribution is 5.85. The number of carboxylic acid groups (broad SMARTS) is 1. The van der Waals surface area contributed by atoms with E-state index >= 15 is 0 Å². The largest absolute Gasteiger partial charge is 0.481 e. The number of aryl methyl sites for hydroxylation is 1. The number of pyridine rings is 1. The fourth-order valence-corrected chi connectivity index (χ4v) is 4.62. The summed E-state index contributed by atoms with van der Waals surface area (Å²) < 4.78 is 5.69. The summed E-state index contributed by atoms with van der Waals surface area (Å²) in [5.74, 6) is 6.77. The maximum Gasteiger partial charge on any atom is 0.314 e. The van der Waals surface area contributed by atoms with Gasteiger partial charge in [0.05, 0.1) is 5.41 Å². The number of rotatable bonds is 6. The van der Waals surface area contributed by atoms with E-state index in [1.807, 2.05) is 104 Å². The molecule has 2 heterocycles. The maximum absolute atomic E-state index is 11.6. The molecule has 0 aliphatic heterocycles. The number of aliphatic carboxylic acids is 1. The van der Waals surface area contributed by atoms with E-state index in [1.54, 1.807) is 0 Å². The lowest BCUT2D eigenvalue weighted by atomic mass is 9.93. The Morgan fingerprint density at radius 2 is 1.51 bits per heavy atom. The van der Waals surface area contributed by atoms with Crippen molar-refractivity contribution in [3.63, 3.8) is 0 Å². The van der Waals surface area contributed by atoms with Crippen LogP contribution in [0.15, 0.2) is 102 Å². The van der Waals surface area contributed by atoms with Crippen molar-refractivity contribution in [1.82, 2.24) is 10.1 Å². The predicted molar refractivity (Wildman–Crippen MR) is 151 cm³/mol. The van der Waals surface area contributed by atoms with E-state index in [2.05, 4.69) is 27.3 Å². The lowest BCUT2D eigenvalue weighted by molar-refractivity contribution is -0.140. The molecule has 0 bridgehead atoms. The second-order valence-electron chi connectivity index (χ2n) is 9.66. The Morgan fingerprint density at radius 1 is 0.846 bits per heavy atom. The Labute approximate surface area is 226 Å². The summed E-state index contributed by atoms with van der Waals surface area (Å²) in [4.78, 5) is 16.3. The first-order valence-electron chi connectivity index (χ1n) is 12.7. The lowest BCUT2D eigenvalue weighted by Crippen LogP contribution is -2.19. The van der Waals surface area contributed by atoms with Crippen LogP contribution in [0.1, 0.15) is 35.4 Å². The van der Waals surface area contributed by atoms with Gasteiger partial charge in [-0.25, -0.2) is 4.98 Å². The van der Waals surface area contributed by atoms with Crippen LogP contribution in [-0.4, -0.2) is 21.2 Å². The summed E-state index contributed by atoms with van der Waals surface area (Å²) in [5, 5.41) is 17.1. The molecule has 0 saturated heterocycles. The first-order chi connectivity index (χ1) is 19.0. The van der Waals surface area contributed by atoms with Gasteiger partial charge in [0, 0.05) is 11.1 Å². The van der Waals surface area contributed by atoms with Crippen molar-refractivity contribution >= 4 is 17.5 Å². The third kappa shape index (κ3) is 4.90. The molecule has 1 aliphatic carbocycles. The number of anilines is 2. The van der Waals surface area contributed by atoms with E-state index in [-0.39, 0.29) is 0 Å². The number of benzene rings is 3. The fourth-order valence-electron chi connectivity index (χ4n) is 4.62. The van der Waals surface area contributed by atoms with Crippen LogP contribution in [0.5, 0.6) is 0 Å². The summed E-state index contributed by atoms with van der Waals surface area (Å²) in [6, 6.07) is 31.3. The maximum atomic E-state index is 11.6. The molecule has 0 atom stereocenters. The summed E-state index contributed by atoms with van der Waals surface area (Å²) in [5.41, 5.74) is 6.16. The van der Waals surface area contributed by atoms with Crippen molar-refractivity contribution in [3.8, 4) is 34.3 Å². The molecule has 2 N–H and O–H groups in total. The number of hydrogen-bond acceptors (Lipinski definition) is 5. The van der Waals surface area contributed by atoms with Crippen LogP contribution in [0.4, 0.5) is 11.5 Å². The smallest absolute Gasteiger partial charge is 0.314 e. The molecule has 1 aliphatic rings. The molecule has 0 spiro atoms. The van der Waals surface area contributed by atoms with Crippen LogP contribution >= 0.6 is 0 Å². The molecule has 1 fully saturated rings. The molecule has 0 unspecified atom stereocenters. The second kappa shape index (κ2) is 9.96. The van der Waals surface area contributed by atoms with E-state index in [9.17, 15) is 9.90 Å². The van der Waals surface area contributed by atoms with Crippen molar-refractivity contribution in [2.75, 3.05) is 5.32 Å². The quantitative estimate of drug-likeness (QED) is 0.239. The number of nitrogens with zero attached hydrogens (tertiary/aromatic N) is 2. The Hall–Kier alpha value is -5.15. The van der Waals surface area contributed by atoms with Gasteiger partial charge < -0.3 is 14.9 Å². The van der Waals surface area contributed by atoms with Crippen LogP contribution in [0, 0.1) is 18.8 Å². The predicted octanol–water partition coefficient (Wildman–Crippen LogP) is 6.97. The van der Waals surface area contributed by atoms with Crippen LogP contribution in [0.25, 0.3) is 22.5 Å². The minimum Gasteiger partial charge on any atom is -0.481 e. The van der Waals surface area contributed by atoms with Crippen molar-refractivity contribution < 1.29 is 14.4 Å². The molecule has 39 heavy (non-hydrogen) atoms. The highest BCUT2D eigenvalue weighted by Crippen LogP contribution is 2.48. The number of carboxylic acids is 1. The Kier molecular flexibility index (Phi) is 6.18. The summed E-state index contributed by atoms with van der Waals surface area (Å²) in [7, 11) is 0. The number of nitrogens with one attached hydrogen (secondary N) is 1. The number of hydrogen-bond donors (Lipinski definition) is 2. The van der Waals surface area contributed by atoms with Crippen molar-refractivity contribution in [3.05, 3.63) is 120 Å². The number of aromatic nitrogens is 2. The van der Waals surface area contributed by atoms with Crippen LogP contribution in [0.2, 0.25) is 0 Å². The molecule has 2 aromatic heterocycles. The van der Waals surface area contributed by atoms with Crippen LogP contribution in [-0.2, 0) is 10.2 Å². The van der Waals surface area contributed by atoms with E-state index < -0.39 is 11.4 Å². The molecule has 1 saturated carbocycles. The summed E-state index contributed by atoms with van der Waals surface area (Å²) in [6.07, 6.45) is 1.40. The van der Waals surface area contributed by atoms with Crippen LogP contribution < -0.4 is 5.32 Å². The molecule has 5 aromatic rings. The minimum atomic E-state index is -0.742. The zero-order valence-electron chi connectivity index (χ0n) is 21.3. The minimum absolute atomic E-state index is 0.620. The van der Waals surface area contributed by atoms with Gasteiger partial charge in [-0.05, 0) is 66.6 Å². The van der Waals surface area contributed by atoms with Gasteiger partial charge in [-0.2, -0.15) is 0 Å². The topological polar surface area (TPSA) is 88.2 Å². The van der Waals surface area contributed by atoms with E-state index in [0.29, 0.717) is 30.1 Å². The van der Waals surface area contributed by atoms with Crippen LogP contribution in [0.3, 0.4) is 0 Å². The van der Waals surface area contributed by atoms with Gasteiger partial charge in [0.2, 0.25) is 0 Å². The molecule has 3 aromatic carbocycles. The highest BCUT2D eigenvalue weighted by atomic mass is 16.5. The highest BCUT2D eigenvalue weighted by Gasteiger charge is 2.51. The summed E-state index contributed by atoms with van der Waals surface area (Å²) >= 11 is 0. The van der Waals surface area contributed by atoms with E-state index in [1.165, 1.54) is 0 Å². The fraction of sp³-hybridized carbons (Fsp3) is 0.121. The zero-order valence-corrected chi connectivity index (χ0v) is 21.3. The van der Waals surface area contributed by atoms with Gasteiger partial charge in [-0.15, -0.1) is 0 Å². The van der Waals surface area contributed by atoms with Gasteiger partial charge >= 0.3 is 5.97 Å². The van der Waals surface area contributed by atoms with E-state index in [4.69, 9.17) is 4.52 Å². The van der Waals surface area contributed by atoms with Gasteiger partial charge in [0.1, 0.15) is 22.9 Å². The van der Waals surface area contributed by atoms with Gasteiger partial charge in [-0.1, -0.05) is 83.9 Å². The van der Waals surface area contributed by atoms with Crippen molar-refractivity contribution in [2.45, 2.75) is 25.2 Å². The van der Waals surface area contributed by atoms with Crippen molar-refractivity contribution in [1.29, 1.82) is 0 Å². The number of carbonyl (C=O) groups is 1. The molecule has 0 radical (unpaired) electrons. The normalized spacial score (nSPS) is 13.3. The monoisotopic (exact) mass is 511 g/mol. The molecular formula is C33H25N3O3. The first kappa shape index (κ1) is 24.2. The zero-order chi connectivity index (χ0) is 26.8. The third-order valence-corrected chi connectivity index (χ3v) is 7.05. The standard InChI is InChI=1S/C33H25N3O3/c1-22-30(35-29-9-5-8-28(34-29)19-10-23-6-3-2-4-7-23)31(39-36-22)26-13-11-24(12-14-26)25-15-17-27(18-16-25)33(20-21-33)32(37)38/h2-9,11-18H,20-21H2,1H3,(H,34,35)(H,37,38). The molecular weight excluding hydrogens is 486 g/mol.